The van der Waals surface area contributed by atoms with Crippen LogP contribution in [-0.4, -0.2) is 44.2 Å². The van der Waals surface area contributed by atoms with Gasteiger partial charge in [-0.25, -0.2) is 0 Å². The Morgan fingerprint density at radius 3 is 2.62 bits per heavy atom. The largest absolute Gasteiger partial charge is 0.330 e. The van der Waals surface area contributed by atoms with Gasteiger partial charge in [0.05, 0.1) is 0 Å². The molecule has 0 saturated carbocycles. The number of nitrogens with one attached hydrogen (secondary N) is 1. The number of hydrogen-bond donors (Lipinski definition) is 2. The predicted molar refractivity (Wildman–Crippen MR) is 56.8 cm³/mol. The summed E-state index contributed by atoms with van der Waals surface area (Å²) in [5, 5.41) is 3.37. The molecule has 1 unspecified atom stereocenters. The summed E-state index contributed by atoms with van der Waals surface area (Å²) >= 11 is 0. The van der Waals surface area contributed by atoms with E-state index in [-0.39, 0.29) is 0 Å². The number of nitrogens with two attached hydrogens (primary N) is 1. The second-order valence-electron chi connectivity index (χ2n) is 3.94. The van der Waals surface area contributed by atoms with Crippen molar-refractivity contribution in [1.82, 2.24) is 10.2 Å². The molecular weight excluding hydrogens is 162 g/mol. The Morgan fingerprint density at radius 2 is 2.08 bits per heavy atom. The standard InChI is InChI=1S/C10H23N3/c1-2-3-10(8-11)9-13-6-4-12-5-7-13/h10,12H,2-9,11H2,1H3. The van der Waals surface area contributed by atoms with Gasteiger partial charge in [0.15, 0.2) is 0 Å². The van der Waals surface area contributed by atoms with Crippen LogP contribution in [0.25, 0.3) is 0 Å². The van der Waals surface area contributed by atoms with Gasteiger partial charge in [0.2, 0.25) is 0 Å². The molecule has 1 rings (SSSR count). The van der Waals surface area contributed by atoms with E-state index in [1.807, 2.05) is 0 Å². The molecule has 0 aromatic rings. The van der Waals surface area contributed by atoms with Crippen LogP contribution >= 0.6 is 0 Å². The van der Waals surface area contributed by atoms with Crippen molar-refractivity contribution < 1.29 is 0 Å². The first kappa shape index (κ1) is 11.0. The summed E-state index contributed by atoms with van der Waals surface area (Å²) in [6.45, 7) is 8.96. The Bertz CT molecular complexity index is 119. The maximum Gasteiger partial charge on any atom is 0.0107 e. The molecule has 3 nitrogen and oxygen atoms in total. The Hall–Kier alpha value is -0.120. The van der Waals surface area contributed by atoms with Gasteiger partial charge in [0, 0.05) is 32.7 Å². The van der Waals surface area contributed by atoms with Crippen molar-refractivity contribution in [3.63, 3.8) is 0 Å². The number of piperazine rings is 1. The van der Waals surface area contributed by atoms with Crippen molar-refractivity contribution in [3.05, 3.63) is 0 Å². The van der Waals surface area contributed by atoms with E-state index in [0.29, 0.717) is 5.92 Å². The summed E-state index contributed by atoms with van der Waals surface area (Å²) in [7, 11) is 0. The van der Waals surface area contributed by atoms with Gasteiger partial charge in [0.25, 0.3) is 0 Å². The first-order valence-corrected chi connectivity index (χ1v) is 5.50. The minimum Gasteiger partial charge on any atom is -0.330 e. The molecule has 3 heteroatoms. The summed E-state index contributed by atoms with van der Waals surface area (Å²) in [6, 6.07) is 0. The highest BCUT2D eigenvalue weighted by Crippen LogP contribution is 2.07. The average Bonchev–Trinajstić information content (AvgIpc) is 2.19. The molecule has 1 fully saturated rings. The summed E-state index contributed by atoms with van der Waals surface area (Å²) in [6.07, 6.45) is 2.54. The first-order chi connectivity index (χ1) is 6.36. The predicted octanol–water partition coefficient (Wildman–Crippen LogP) is 0.267. The van der Waals surface area contributed by atoms with Gasteiger partial charge >= 0.3 is 0 Å². The van der Waals surface area contributed by atoms with Crippen LogP contribution in [0.5, 0.6) is 0 Å². The maximum absolute atomic E-state index is 5.73. The second-order valence-corrected chi connectivity index (χ2v) is 3.94. The Morgan fingerprint density at radius 1 is 1.38 bits per heavy atom. The van der Waals surface area contributed by atoms with Crippen LogP contribution in [0, 0.1) is 5.92 Å². The summed E-state index contributed by atoms with van der Waals surface area (Å²) in [5.74, 6) is 0.711. The second kappa shape index (κ2) is 6.35. The van der Waals surface area contributed by atoms with Crippen LogP contribution < -0.4 is 11.1 Å². The lowest BCUT2D eigenvalue weighted by Gasteiger charge is -2.30. The quantitative estimate of drug-likeness (QED) is 0.646. The van der Waals surface area contributed by atoms with E-state index in [1.165, 1.54) is 32.5 Å². The highest BCUT2D eigenvalue weighted by molar-refractivity contribution is 4.71. The van der Waals surface area contributed by atoms with E-state index >= 15 is 0 Å². The van der Waals surface area contributed by atoms with Crippen molar-refractivity contribution in [2.45, 2.75) is 19.8 Å². The normalized spacial score (nSPS) is 21.7. The fourth-order valence-corrected chi connectivity index (χ4v) is 1.95. The summed E-state index contributed by atoms with van der Waals surface area (Å²) in [4.78, 5) is 2.53. The fourth-order valence-electron chi connectivity index (χ4n) is 1.95. The summed E-state index contributed by atoms with van der Waals surface area (Å²) in [5.41, 5.74) is 5.73. The lowest BCUT2D eigenvalue weighted by molar-refractivity contribution is 0.202. The molecule has 0 radical (unpaired) electrons. The number of rotatable bonds is 5. The highest BCUT2D eigenvalue weighted by Gasteiger charge is 2.14. The molecule has 1 saturated heterocycles. The molecule has 13 heavy (non-hydrogen) atoms. The van der Waals surface area contributed by atoms with Gasteiger partial charge in [-0.15, -0.1) is 0 Å². The molecule has 0 aliphatic carbocycles. The van der Waals surface area contributed by atoms with Gasteiger partial charge in [-0.05, 0) is 18.9 Å². The molecule has 78 valence electrons. The molecule has 0 aromatic carbocycles. The molecule has 0 amide bonds. The third kappa shape index (κ3) is 4.07. The van der Waals surface area contributed by atoms with Crippen LogP contribution in [0.4, 0.5) is 0 Å². The molecule has 1 atom stereocenters. The van der Waals surface area contributed by atoms with E-state index in [4.69, 9.17) is 5.73 Å². The van der Waals surface area contributed by atoms with Gasteiger partial charge in [-0.3, -0.25) is 0 Å². The Labute approximate surface area is 81.7 Å². The van der Waals surface area contributed by atoms with Gasteiger partial charge < -0.3 is 16.0 Å². The highest BCUT2D eigenvalue weighted by atomic mass is 15.2. The van der Waals surface area contributed by atoms with Gasteiger partial charge in [0.1, 0.15) is 0 Å². The van der Waals surface area contributed by atoms with E-state index in [9.17, 15) is 0 Å². The van der Waals surface area contributed by atoms with Crippen LogP contribution in [0.1, 0.15) is 19.8 Å². The minimum absolute atomic E-state index is 0.711. The molecule has 0 aromatic heterocycles. The maximum atomic E-state index is 5.73. The van der Waals surface area contributed by atoms with Crippen molar-refractivity contribution in [2.75, 3.05) is 39.3 Å². The lowest BCUT2D eigenvalue weighted by atomic mass is 10.0. The lowest BCUT2D eigenvalue weighted by Crippen LogP contribution is -2.46. The Kier molecular flexibility index (Phi) is 5.35. The van der Waals surface area contributed by atoms with Crippen molar-refractivity contribution in [1.29, 1.82) is 0 Å². The van der Waals surface area contributed by atoms with Crippen LogP contribution in [0.15, 0.2) is 0 Å². The topological polar surface area (TPSA) is 41.3 Å². The van der Waals surface area contributed by atoms with Crippen LogP contribution in [-0.2, 0) is 0 Å². The van der Waals surface area contributed by atoms with Gasteiger partial charge in [-0.1, -0.05) is 13.3 Å². The van der Waals surface area contributed by atoms with Crippen molar-refractivity contribution >= 4 is 0 Å². The third-order valence-corrected chi connectivity index (χ3v) is 2.76. The summed E-state index contributed by atoms with van der Waals surface area (Å²) < 4.78 is 0. The molecule has 1 aliphatic rings. The zero-order valence-electron chi connectivity index (χ0n) is 8.76. The van der Waals surface area contributed by atoms with Crippen molar-refractivity contribution in [3.8, 4) is 0 Å². The van der Waals surface area contributed by atoms with Crippen LogP contribution in [0.2, 0.25) is 0 Å². The number of nitrogens with zero attached hydrogens (tertiary/aromatic N) is 1. The smallest absolute Gasteiger partial charge is 0.0107 e. The zero-order valence-corrected chi connectivity index (χ0v) is 8.76. The Balaban J connectivity index is 2.18. The van der Waals surface area contributed by atoms with E-state index in [2.05, 4.69) is 17.1 Å². The monoisotopic (exact) mass is 185 g/mol. The van der Waals surface area contributed by atoms with E-state index < -0.39 is 0 Å². The van der Waals surface area contributed by atoms with Crippen LogP contribution in [0.3, 0.4) is 0 Å². The minimum atomic E-state index is 0.711. The van der Waals surface area contributed by atoms with Crippen molar-refractivity contribution in [2.24, 2.45) is 11.7 Å². The molecule has 3 N–H and O–H groups in total. The zero-order chi connectivity index (χ0) is 9.52. The molecule has 0 bridgehead atoms. The SMILES string of the molecule is CCCC(CN)CN1CCNCC1. The van der Waals surface area contributed by atoms with E-state index in [1.54, 1.807) is 0 Å². The molecule has 0 spiro atoms. The molecule has 1 heterocycles. The molecule has 1 aliphatic heterocycles. The van der Waals surface area contributed by atoms with Gasteiger partial charge in [-0.2, -0.15) is 0 Å². The first-order valence-electron chi connectivity index (χ1n) is 5.50. The molecular formula is C10H23N3. The van der Waals surface area contributed by atoms with E-state index in [0.717, 1.165) is 19.6 Å². The average molecular weight is 185 g/mol. The third-order valence-electron chi connectivity index (χ3n) is 2.76. The fraction of sp³-hybridized carbons (Fsp3) is 1.00. The number of hydrogen-bond acceptors (Lipinski definition) is 3.